The molecule has 24 heavy (non-hydrogen) atoms. The van der Waals surface area contributed by atoms with Gasteiger partial charge in [0.25, 0.3) is 0 Å². The number of hydrogen-bond acceptors (Lipinski definition) is 4. The second-order valence-electron chi connectivity index (χ2n) is 6.02. The highest BCUT2D eigenvalue weighted by atomic mass is 32.2. The van der Waals surface area contributed by atoms with Gasteiger partial charge in [-0.1, -0.05) is 23.9 Å². The van der Waals surface area contributed by atoms with Crippen molar-refractivity contribution in [1.82, 2.24) is 14.8 Å². The van der Waals surface area contributed by atoms with Crippen LogP contribution in [0.15, 0.2) is 34.8 Å². The highest BCUT2D eigenvalue weighted by Crippen LogP contribution is 2.34. The van der Waals surface area contributed by atoms with Crippen LogP contribution in [0.25, 0.3) is 11.4 Å². The molecule has 0 saturated heterocycles. The average molecular weight is 362 g/mol. The summed E-state index contributed by atoms with van der Waals surface area (Å²) in [7, 11) is 0. The number of rotatable bonds is 5. The first-order valence-corrected chi connectivity index (χ1v) is 9.71. The molecule has 126 valence electrons. The van der Waals surface area contributed by atoms with Gasteiger partial charge >= 0.3 is 0 Å². The largest absolute Gasteiger partial charge is 0.299 e. The van der Waals surface area contributed by atoms with Crippen LogP contribution >= 0.6 is 23.1 Å². The van der Waals surface area contributed by atoms with Crippen molar-refractivity contribution in [2.75, 3.05) is 0 Å². The summed E-state index contributed by atoms with van der Waals surface area (Å²) in [5.74, 6) is 1.46. The summed E-state index contributed by atoms with van der Waals surface area (Å²) in [6, 6.07) is 6.88. The minimum absolute atomic E-state index is 0.209. The molecule has 3 aromatic rings. The lowest BCUT2D eigenvalue weighted by Crippen LogP contribution is -2.05. The molecule has 0 aliphatic carbocycles. The van der Waals surface area contributed by atoms with Crippen LogP contribution in [0.2, 0.25) is 0 Å². The van der Waals surface area contributed by atoms with Gasteiger partial charge in [0.15, 0.2) is 11.0 Å². The zero-order valence-corrected chi connectivity index (χ0v) is 15.8. The third-order valence-electron chi connectivity index (χ3n) is 3.99. The second kappa shape index (κ2) is 7.07. The van der Waals surface area contributed by atoms with Gasteiger partial charge in [-0.3, -0.25) is 4.57 Å². The lowest BCUT2D eigenvalue weighted by Gasteiger charge is -2.13. The van der Waals surface area contributed by atoms with Crippen LogP contribution in [0, 0.1) is 19.7 Å². The molecule has 0 aliphatic rings. The Kier molecular flexibility index (Phi) is 5.06. The highest BCUT2D eigenvalue weighted by molar-refractivity contribution is 7.98. The van der Waals surface area contributed by atoms with Crippen LogP contribution in [0.1, 0.15) is 35.9 Å². The molecule has 0 aliphatic heterocycles. The molecular weight excluding hydrogens is 341 g/mol. The third kappa shape index (κ3) is 3.39. The van der Waals surface area contributed by atoms with Crippen molar-refractivity contribution >= 4 is 23.1 Å². The number of thiophene rings is 1. The topological polar surface area (TPSA) is 30.7 Å². The predicted octanol–water partition coefficient (Wildman–Crippen LogP) is 5.64. The van der Waals surface area contributed by atoms with Gasteiger partial charge in [-0.05, 0) is 51.0 Å². The Balaban J connectivity index is 1.89. The first-order chi connectivity index (χ1) is 11.5. The highest BCUT2D eigenvalue weighted by Gasteiger charge is 2.19. The maximum Gasteiger partial charge on any atom is 0.192 e. The number of aryl methyl sites for hydroxylation is 1. The van der Waals surface area contributed by atoms with Crippen molar-refractivity contribution in [3.05, 3.63) is 51.5 Å². The summed E-state index contributed by atoms with van der Waals surface area (Å²) in [6.45, 7) is 8.54. The lowest BCUT2D eigenvalue weighted by atomic mass is 10.1. The van der Waals surface area contributed by atoms with E-state index in [1.807, 2.05) is 12.1 Å². The smallest absolute Gasteiger partial charge is 0.192 e. The fourth-order valence-corrected chi connectivity index (χ4v) is 4.37. The van der Waals surface area contributed by atoms with E-state index >= 15 is 0 Å². The Bertz CT molecular complexity index is 835. The number of halogens is 1. The molecular formula is C18H20FN3S2. The standard InChI is InChI=1S/C18H20FN3S2/c1-11(2)22-17(16-10-23-13(4)12(16)3)20-21-18(22)24-9-14-5-7-15(19)8-6-14/h5-8,10-11H,9H2,1-4H3. The normalized spacial score (nSPS) is 11.4. The minimum atomic E-state index is -0.209. The fraction of sp³-hybridized carbons (Fsp3) is 0.333. The molecule has 0 N–H and O–H groups in total. The van der Waals surface area contributed by atoms with E-state index in [4.69, 9.17) is 0 Å². The lowest BCUT2D eigenvalue weighted by molar-refractivity contribution is 0.555. The van der Waals surface area contributed by atoms with Crippen molar-refractivity contribution in [3.8, 4) is 11.4 Å². The summed E-state index contributed by atoms with van der Waals surface area (Å²) < 4.78 is 15.2. The molecule has 2 heterocycles. The van der Waals surface area contributed by atoms with Crippen LogP contribution in [-0.2, 0) is 5.75 Å². The maximum atomic E-state index is 13.0. The van der Waals surface area contributed by atoms with Gasteiger partial charge in [0.2, 0.25) is 0 Å². The van der Waals surface area contributed by atoms with Crippen molar-refractivity contribution in [3.63, 3.8) is 0 Å². The van der Waals surface area contributed by atoms with E-state index in [9.17, 15) is 4.39 Å². The number of hydrogen-bond donors (Lipinski definition) is 0. The van der Waals surface area contributed by atoms with Crippen molar-refractivity contribution in [2.24, 2.45) is 0 Å². The Morgan fingerprint density at radius 1 is 1.17 bits per heavy atom. The molecule has 6 heteroatoms. The molecule has 0 radical (unpaired) electrons. The predicted molar refractivity (Wildman–Crippen MR) is 99.2 cm³/mol. The van der Waals surface area contributed by atoms with Crippen molar-refractivity contribution in [2.45, 2.75) is 44.6 Å². The molecule has 3 nitrogen and oxygen atoms in total. The van der Waals surface area contributed by atoms with Gasteiger partial charge in [0, 0.05) is 27.6 Å². The number of aromatic nitrogens is 3. The summed E-state index contributed by atoms with van der Waals surface area (Å²) >= 11 is 3.38. The van der Waals surface area contributed by atoms with E-state index in [-0.39, 0.29) is 11.9 Å². The van der Waals surface area contributed by atoms with Crippen molar-refractivity contribution < 1.29 is 4.39 Å². The Labute approximate surface area is 149 Å². The van der Waals surface area contributed by atoms with E-state index in [1.54, 1.807) is 23.1 Å². The fourth-order valence-electron chi connectivity index (χ4n) is 2.49. The molecule has 3 rings (SSSR count). The molecule has 0 atom stereocenters. The van der Waals surface area contributed by atoms with Gasteiger partial charge < -0.3 is 0 Å². The van der Waals surface area contributed by atoms with Crippen LogP contribution in [0.4, 0.5) is 4.39 Å². The molecule has 0 amide bonds. The number of thioether (sulfide) groups is 1. The summed E-state index contributed by atoms with van der Waals surface area (Å²) in [5, 5.41) is 11.9. The first-order valence-electron chi connectivity index (χ1n) is 7.84. The summed E-state index contributed by atoms with van der Waals surface area (Å²) in [5.41, 5.74) is 3.50. The molecule has 1 aromatic carbocycles. The van der Waals surface area contributed by atoms with Crippen LogP contribution in [0.3, 0.4) is 0 Å². The summed E-state index contributed by atoms with van der Waals surface area (Å²) in [6.07, 6.45) is 0. The maximum absolute atomic E-state index is 13.0. The van der Waals surface area contributed by atoms with Crippen molar-refractivity contribution in [1.29, 1.82) is 0 Å². The third-order valence-corrected chi connectivity index (χ3v) is 6.02. The summed E-state index contributed by atoms with van der Waals surface area (Å²) in [4.78, 5) is 1.31. The number of benzene rings is 1. The molecule has 0 saturated carbocycles. The van der Waals surface area contributed by atoms with E-state index in [2.05, 4.69) is 47.8 Å². The van der Waals surface area contributed by atoms with Gasteiger partial charge in [-0.2, -0.15) is 0 Å². The van der Waals surface area contributed by atoms with E-state index in [0.717, 1.165) is 27.9 Å². The second-order valence-corrected chi connectivity index (χ2v) is 8.04. The Hall–Kier alpha value is -1.66. The van der Waals surface area contributed by atoms with Crippen LogP contribution in [0.5, 0.6) is 0 Å². The first kappa shape index (κ1) is 17.2. The van der Waals surface area contributed by atoms with Crippen LogP contribution < -0.4 is 0 Å². The average Bonchev–Trinajstić information content (AvgIpc) is 3.11. The molecule has 0 unspecified atom stereocenters. The molecule has 0 spiro atoms. The van der Waals surface area contributed by atoms with Gasteiger partial charge in [0.05, 0.1) is 0 Å². The molecule has 0 bridgehead atoms. The minimum Gasteiger partial charge on any atom is -0.299 e. The monoisotopic (exact) mass is 361 g/mol. The SMILES string of the molecule is Cc1scc(-c2nnc(SCc3ccc(F)cc3)n2C(C)C)c1C. The Morgan fingerprint density at radius 2 is 1.88 bits per heavy atom. The zero-order valence-electron chi connectivity index (χ0n) is 14.2. The molecule has 0 fully saturated rings. The van der Waals surface area contributed by atoms with Gasteiger partial charge in [0.1, 0.15) is 5.82 Å². The quantitative estimate of drug-likeness (QED) is 0.551. The number of nitrogens with zero attached hydrogens (tertiary/aromatic N) is 3. The van der Waals surface area contributed by atoms with E-state index in [0.29, 0.717) is 0 Å². The molecule has 2 aromatic heterocycles. The van der Waals surface area contributed by atoms with Crippen LogP contribution in [-0.4, -0.2) is 14.8 Å². The van der Waals surface area contributed by atoms with Gasteiger partial charge in [-0.25, -0.2) is 4.39 Å². The van der Waals surface area contributed by atoms with Gasteiger partial charge in [-0.15, -0.1) is 21.5 Å². The van der Waals surface area contributed by atoms with E-state index < -0.39 is 0 Å². The zero-order chi connectivity index (χ0) is 17.3. The van der Waals surface area contributed by atoms with E-state index in [1.165, 1.54) is 22.6 Å². The Morgan fingerprint density at radius 3 is 2.46 bits per heavy atom.